The third-order valence-electron chi connectivity index (χ3n) is 2.97. The topological polar surface area (TPSA) is 78.0 Å². The maximum absolute atomic E-state index is 12.4. The van der Waals surface area contributed by atoms with Crippen molar-refractivity contribution in [2.75, 3.05) is 0 Å². The van der Waals surface area contributed by atoms with E-state index in [1.807, 2.05) is 6.07 Å². The number of benzene rings is 1. The standard InChI is InChI=1S/C13H8ClN3O3S/c14-12-4-2-9(21-12)6-16-7-15-11-3-1-8(17(19)20)5-10(11)13(16)18/h1-5,7H,6H2. The van der Waals surface area contributed by atoms with Crippen LogP contribution in [0.2, 0.25) is 4.34 Å². The first-order valence-electron chi connectivity index (χ1n) is 5.92. The van der Waals surface area contributed by atoms with Gasteiger partial charge in [0, 0.05) is 17.0 Å². The van der Waals surface area contributed by atoms with Gasteiger partial charge in [0.2, 0.25) is 0 Å². The lowest BCUT2D eigenvalue weighted by atomic mass is 10.2. The van der Waals surface area contributed by atoms with Crippen molar-refractivity contribution in [1.29, 1.82) is 0 Å². The minimum atomic E-state index is -0.532. The lowest BCUT2D eigenvalue weighted by Crippen LogP contribution is -2.20. The number of hydrogen-bond donors (Lipinski definition) is 0. The molecule has 2 heterocycles. The monoisotopic (exact) mass is 321 g/mol. The molecule has 0 saturated heterocycles. The smallest absolute Gasteiger partial charge is 0.270 e. The summed E-state index contributed by atoms with van der Waals surface area (Å²) in [4.78, 5) is 27.7. The fourth-order valence-corrected chi connectivity index (χ4v) is 3.06. The Bertz CT molecular complexity index is 903. The number of thiophene rings is 1. The Morgan fingerprint density at radius 1 is 1.33 bits per heavy atom. The van der Waals surface area contributed by atoms with Gasteiger partial charge in [-0.3, -0.25) is 19.5 Å². The number of non-ortho nitro benzene ring substituents is 1. The molecule has 0 radical (unpaired) electrons. The van der Waals surface area contributed by atoms with Gasteiger partial charge < -0.3 is 0 Å². The summed E-state index contributed by atoms with van der Waals surface area (Å²) in [5.74, 6) is 0. The number of nitrogens with zero attached hydrogens (tertiary/aromatic N) is 3. The zero-order valence-electron chi connectivity index (χ0n) is 10.5. The van der Waals surface area contributed by atoms with Gasteiger partial charge in [0.25, 0.3) is 11.2 Å². The predicted octanol–water partition coefficient (Wildman–Crippen LogP) is 3.07. The largest absolute Gasteiger partial charge is 0.293 e. The highest BCUT2D eigenvalue weighted by Gasteiger charge is 2.11. The highest BCUT2D eigenvalue weighted by atomic mass is 35.5. The SMILES string of the molecule is O=c1c2cc([N+](=O)[O-])ccc2ncn1Cc1ccc(Cl)s1. The fourth-order valence-electron chi connectivity index (χ4n) is 1.98. The summed E-state index contributed by atoms with van der Waals surface area (Å²) in [7, 11) is 0. The highest BCUT2D eigenvalue weighted by molar-refractivity contribution is 7.16. The van der Waals surface area contributed by atoms with Crippen LogP contribution < -0.4 is 5.56 Å². The van der Waals surface area contributed by atoms with Gasteiger partial charge in [0.1, 0.15) is 0 Å². The van der Waals surface area contributed by atoms with Gasteiger partial charge >= 0.3 is 0 Å². The highest BCUT2D eigenvalue weighted by Crippen LogP contribution is 2.22. The Morgan fingerprint density at radius 3 is 2.81 bits per heavy atom. The van der Waals surface area contributed by atoms with Crippen LogP contribution in [0, 0.1) is 10.1 Å². The van der Waals surface area contributed by atoms with Crippen molar-refractivity contribution in [2.24, 2.45) is 0 Å². The molecule has 0 N–H and O–H groups in total. The molecule has 0 aliphatic rings. The van der Waals surface area contributed by atoms with Crippen LogP contribution in [0.3, 0.4) is 0 Å². The Kier molecular flexibility index (Phi) is 3.44. The average Bonchev–Trinajstić information content (AvgIpc) is 2.87. The Labute approximate surface area is 127 Å². The van der Waals surface area contributed by atoms with Gasteiger partial charge in [-0.1, -0.05) is 11.6 Å². The molecule has 0 aliphatic heterocycles. The Hall–Kier alpha value is -2.25. The second-order valence-corrected chi connectivity index (χ2v) is 6.14. The molecule has 2 aromatic heterocycles. The van der Waals surface area contributed by atoms with E-state index < -0.39 is 4.92 Å². The van der Waals surface area contributed by atoms with Gasteiger partial charge in [0.05, 0.1) is 33.0 Å². The second-order valence-electron chi connectivity index (χ2n) is 4.34. The van der Waals surface area contributed by atoms with Crippen LogP contribution in [0.25, 0.3) is 10.9 Å². The van der Waals surface area contributed by atoms with E-state index in [0.29, 0.717) is 16.4 Å². The van der Waals surface area contributed by atoms with Crippen molar-refractivity contribution in [3.8, 4) is 0 Å². The Balaban J connectivity index is 2.10. The van der Waals surface area contributed by atoms with Gasteiger partial charge in [-0.2, -0.15) is 0 Å². The van der Waals surface area contributed by atoms with Gasteiger partial charge in [0.15, 0.2) is 0 Å². The molecule has 0 unspecified atom stereocenters. The first kappa shape index (κ1) is 13.7. The molecule has 8 heteroatoms. The first-order valence-corrected chi connectivity index (χ1v) is 7.12. The van der Waals surface area contributed by atoms with Crippen LogP contribution in [0.1, 0.15) is 4.88 Å². The molecule has 0 amide bonds. The van der Waals surface area contributed by atoms with Crippen molar-refractivity contribution in [3.05, 3.63) is 66.3 Å². The van der Waals surface area contributed by atoms with E-state index >= 15 is 0 Å². The van der Waals surface area contributed by atoms with E-state index in [-0.39, 0.29) is 16.6 Å². The van der Waals surface area contributed by atoms with Crippen LogP contribution in [-0.4, -0.2) is 14.5 Å². The van der Waals surface area contributed by atoms with Crippen molar-refractivity contribution in [3.63, 3.8) is 0 Å². The van der Waals surface area contributed by atoms with Gasteiger partial charge in [-0.15, -0.1) is 11.3 Å². The van der Waals surface area contributed by atoms with Crippen LogP contribution >= 0.6 is 22.9 Å². The maximum Gasteiger partial charge on any atom is 0.270 e. The summed E-state index contributed by atoms with van der Waals surface area (Å²) in [6.45, 7) is 0.335. The predicted molar refractivity (Wildman–Crippen MR) is 81.1 cm³/mol. The number of aromatic nitrogens is 2. The number of nitro benzene ring substituents is 1. The summed E-state index contributed by atoms with van der Waals surface area (Å²) in [5.41, 5.74) is -0.00222. The zero-order chi connectivity index (χ0) is 15.0. The van der Waals surface area contributed by atoms with Crippen molar-refractivity contribution >= 4 is 39.5 Å². The first-order chi connectivity index (χ1) is 10.0. The number of hydrogen-bond acceptors (Lipinski definition) is 5. The van der Waals surface area contributed by atoms with Crippen molar-refractivity contribution in [1.82, 2.24) is 9.55 Å². The quantitative estimate of drug-likeness (QED) is 0.548. The summed E-state index contributed by atoms with van der Waals surface area (Å²) in [6, 6.07) is 7.64. The van der Waals surface area contributed by atoms with Gasteiger partial charge in [-0.05, 0) is 18.2 Å². The molecule has 0 spiro atoms. The van der Waals surface area contributed by atoms with E-state index in [0.717, 1.165) is 4.88 Å². The lowest BCUT2D eigenvalue weighted by Gasteiger charge is -2.04. The van der Waals surface area contributed by atoms with Crippen molar-refractivity contribution < 1.29 is 4.92 Å². The summed E-state index contributed by atoms with van der Waals surface area (Å²) in [6.07, 6.45) is 1.43. The molecule has 0 saturated carbocycles. The Morgan fingerprint density at radius 2 is 2.14 bits per heavy atom. The molecule has 3 aromatic rings. The van der Waals surface area contributed by atoms with Crippen LogP contribution in [0.15, 0.2) is 41.5 Å². The van der Waals surface area contributed by atoms with E-state index in [4.69, 9.17) is 11.6 Å². The molecule has 0 aliphatic carbocycles. The fraction of sp³-hybridized carbons (Fsp3) is 0.0769. The number of rotatable bonds is 3. The molecule has 0 fully saturated rings. The minimum absolute atomic E-state index is 0.127. The molecular formula is C13H8ClN3O3S. The average molecular weight is 322 g/mol. The third-order valence-corrected chi connectivity index (χ3v) is 4.19. The maximum atomic E-state index is 12.4. The lowest BCUT2D eigenvalue weighted by molar-refractivity contribution is -0.384. The molecule has 6 nitrogen and oxygen atoms in total. The number of nitro groups is 1. The van der Waals surface area contributed by atoms with Crippen LogP contribution in [0.4, 0.5) is 5.69 Å². The molecule has 21 heavy (non-hydrogen) atoms. The van der Waals surface area contributed by atoms with Crippen LogP contribution in [0.5, 0.6) is 0 Å². The summed E-state index contributed by atoms with van der Waals surface area (Å²) >= 11 is 7.23. The molecule has 1 aromatic carbocycles. The van der Waals surface area contributed by atoms with E-state index in [9.17, 15) is 14.9 Å². The molecular weight excluding hydrogens is 314 g/mol. The molecule has 3 rings (SSSR count). The number of fused-ring (bicyclic) bond motifs is 1. The van der Waals surface area contributed by atoms with E-state index in [1.54, 1.807) is 6.07 Å². The molecule has 106 valence electrons. The zero-order valence-corrected chi connectivity index (χ0v) is 12.1. The third kappa shape index (κ3) is 2.65. The summed E-state index contributed by atoms with van der Waals surface area (Å²) < 4.78 is 2.05. The summed E-state index contributed by atoms with van der Waals surface area (Å²) in [5, 5.41) is 11.0. The van der Waals surface area contributed by atoms with E-state index in [1.165, 1.54) is 40.4 Å². The van der Waals surface area contributed by atoms with E-state index in [2.05, 4.69) is 4.98 Å². The minimum Gasteiger partial charge on any atom is -0.293 e. The molecule has 0 bridgehead atoms. The van der Waals surface area contributed by atoms with Crippen LogP contribution in [-0.2, 0) is 6.54 Å². The normalized spacial score (nSPS) is 10.9. The van der Waals surface area contributed by atoms with Gasteiger partial charge in [-0.25, -0.2) is 4.98 Å². The molecule has 0 atom stereocenters. The second kappa shape index (κ2) is 5.27. The van der Waals surface area contributed by atoms with Crippen molar-refractivity contribution in [2.45, 2.75) is 6.54 Å². The number of halogens is 1.